The Bertz CT molecular complexity index is 292. The van der Waals surface area contributed by atoms with E-state index in [4.69, 9.17) is 0 Å². The Morgan fingerprint density at radius 1 is 1.54 bits per heavy atom. The third-order valence-electron chi connectivity index (χ3n) is 2.74. The molecule has 0 radical (unpaired) electrons. The van der Waals surface area contributed by atoms with Crippen LogP contribution in [0.2, 0.25) is 0 Å². The molecule has 1 aromatic heterocycles. The van der Waals surface area contributed by atoms with Crippen LogP contribution in [0.1, 0.15) is 56.5 Å². The Labute approximate surface area is 79.4 Å². The van der Waals surface area contributed by atoms with Gasteiger partial charge in [0.25, 0.3) is 0 Å². The molecule has 2 heteroatoms. The van der Waals surface area contributed by atoms with Crippen LogP contribution in [0.5, 0.6) is 0 Å². The van der Waals surface area contributed by atoms with Crippen LogP contribution >= 0.6 is 0 Å². The van der Waals surface area contributed by atoms with E-state index in [0.717, 1.165) is 18.2 Å². The van der Waals surface area contributed by atoms with E-state index >= 15 is 0 Å². The van der Waals surface area contributed by atoms with Crippen molar-refractivity contribution in [2.24, 2.45) is 0 Å². The summed E-state index contributed by atoms with van der Waals surface area (Å²) in [7, 11) is 0. The maximum atomic E-state index is 4.59. The molecule has 0 N–H and O–H groups in total. The summed E-state index contributed by atoms with van der Waals surface area (Å²) in [6.07, 6.45) is 5.66. The zero-order valence-electron chi connectivity index (χ0n) is 8.33. The zero-order chi connectivity index (χ0) is 9.26. The number of aromatic nitrogens is 2. The van der Waals surface area contributed by atoms with Gasteiger partial charge in [-0.15, -0.1) is 0 Å². The summed E-state index contributed by atoms with van der Waals surface area (Å²) in [6.45, 7) is 4.36. The molecule has 13 heavy (non-hydrogen) atoms. The predicted molar refractivity (Wildman–Crippen MR) is 52.7 cm³/mol. The van der Waals surface area contributed by atoms with E-state index < -0.39 is 0 Å². The third-order valence-corrected chi connectivity index (χ3v) is 2.74. The van der Waals surface area contributed by atoms with Gasteiger partial charge in [0.2, 0.25) is 0 Å². The quantitative estimate of drug-likeness (QED) is 0.707. The minimum Gasteiger partial charge on any atom is -0.241 e. The van der Waals surface area contributed by atoms with Crippen LogP contribution in [-0.2, 0) is 0 Å². The van der Waals surface area contributed by atoms with Crippen LogP contribution < -0.4 is 0 Å². The first-order valence-corrected chi connectivity index (χ1v) is 5.14. The molecule has 2 rings (SSSR count). The summed E-state index contributed by atoms with van der Waals surface area (Å²) >= 11 is 0. The predicted octanol–water partition coefficient (Wildman–Crippen LogP) is 2.87. The van der Waals surface area contributed by atoms with E-state index in [9.17, 15) is 0 Å². The van der Waals surface area contributed by atoms with Crippen molar-refractivity contribution >= 4 is 0 Å². The van der Waals surface area contributed by atoms with Gasteiger partial charge in [-0.05, 0) is 25.3 Å². The monoisotopic (exact) mass is 176 g/mol. The standard InChI is InChI=1S/C11H16N2/c1-3-8(2)11-12-7-6-10(13-11)9-4-5-9/h6-9H,3-5H2,1-2H3. The minimum atomic E-state index is 0.499. The maximum Gasteiger partial charge on any atom is 0.131 e. The summed E-state index contributed by atoms with van der Waals surface area (Å²) in [5.41, 5.74) is 1.25. The Morgan fingerprint density at radius 2 is 2.31 bits per heavy atom. The number of rotatable bonds is 3. The van der Waals surface area contributed by atoms with Crippen molar-refractivity contribution in [1.82, 2.24) is 9.97 Å². The Morgan fingerprint density at radius 3 is 2.92 bits per heavy atom. The van der Waals surface area contributed by atoms with E-state index in [2.05, 4.69) is 29.9 Å². The van der Waals surface area contributed by atoms with Gasteiger partial charge in [0.05, 0.1) is 0 Å². The molecular formula is C11H16N2. The smallest absolute Gasteiger partial charge is 0.131 e. The van der Waals surface area contributed by atoms with Crippen LogP contribution in [0.15, 0.2) is 12.3 Å². The van der Waals surface area contributed by atoms with E-state index in [0.29, 0.717) is 5.92 Å². The molecule has 0 saturated heterocycles. The van der Waals surface area contributed by atoms with Gasteiger partial charge in [-0.2, -0.15) is 0 Å². The Balaban J connectivity index is 2.21. The van der Waals surface area contributed by atoms with Crippen molar-refractivity contribution in [2.75, 3.05) is 0 Å². The van der Waals surface area contributed by atoms with Crippen LogP contribution in [0.3, 0.4) is 0 Å². The average molecular weight is 176 g/mol. The second-order valence-electron chi connectivity index (χ2n) is 3.92. The van der Waals surface area contributed by atoms with Crippen molar-refractivity contribution in [2.45, 2.75) is 44.9 Å². The van der Waals surface area contributed by atoms with Crippen LogP contribution in [0, 0.1) is 0 Å². The number of hydrogen-bond acceptors (Lipinski definition) is 2. The van der Waals surface area contributed by atoms with Gasteiger partial charge in [0.15, 0.2) is 0 Å². The molecule has 1 heterocycles. The molecule has 1 saturated carbocycles. The topological polar surface area (TPSA) is 25.8 Å². The second-order valence-corrected chi connectivity index (χ2v) is 3.92. The van der Waals surface area contributed by atoms with E-state index in [1.165, 1.54) is 18.5 Å². The van der Waals surface area contributed by atoms with Crippen molar-refractivity contribution in [3.63, 3.8) is 0 Å². The first-order chi connectivity index (χ1) is 6.31. The van der Waals surface area contributed by atoms with Crippen molar-refractivity contribution in [3.05, 3.63) is 23.8 Å². The highest BCUT2D eigenvalue weighted by Gasteiger charge is 2.25. The third kappa shape index (κ3) is 1.87. The molecule has 1 aliphatic carbocycles. The summed E-state index contributed by atoms with van der Waals surface area (Å²) < 4.78 is 0. The lowest BCUT2D eigenvalue weighted by molar-refractivity contribution is 0.670. The largest absolute Gasteiger partial charge is 0.241 e. The first kappa shape index (κ1) is 8.67. The van der Waals surface area contributed by atoms with Gasteiger partial charge in [-0.3, -0.25) is 0 Å². The summed E-state index contributed by atoms with van der Waals surface area (Å²) in [5, 5.41) is 0. The minimum absolute atomic E-state index is 0.499. The Kier molecular flexibility index (Phi) is 2.30. The van der Waals surface area contributed by atoms with Crippen LogP contribution in [0.25, 0.3) is 0 Å². The molecule has 1 atom stereocenters. The van der Waals surface area contributed by atoms with Crippen molar-refractivity contribution in [1.29, 1.82) is 0 Å². The number of nitrogens with zero attached hydrogens (tertiary/aromatic N) is 2. The molecule has 70 valence electrons. The number of hydrogen-bond donors (Lipinski definition) is 0. The highest BCUT2D eigenvalue weighted by atomic mass is 14.9. The molecule has 1 aliphatic rings. The Hall–Kier alpha value is -0.920. The molecular weight excluding hydrogens is 160 g/mol. The highest BCUT2D eigenvalue weighted by molar-refractivity contribution is 5.14. The molecule has 0 bridgehead atoms. The lowest BCUT2D eigenvalue weighted by atomic mass is 10.1. The van der Waals surface area contributed by atoms with Gasteiger partial charge in [0.1, 0.15) is 5.82 Å². The lowest BCUT2D eigenvalue weighted by Crippen LogP contribution is -2.01. The highest BCUT2D eigenvalue weighted by Crippen LogP contribution is 2.38. The fourth-order valence-electron chi connectivity index (χ4n) is 1.41. The molecule has 1 fully saturated rings. The lowest BCUT2D eigenvalue weighted by Gasteiger charge is -2.07. The van der Waals surface area contributed by atoms with Crippen LogP contribution in [0.4, 0.5) is 0 Å². The summed E-state index contributed by atoms with van der Waals surface area (Å²) in [4.78, 5) is 8.90. The molecule has 0 spiro atoms. The molecule has 2 nitrogen and oxygen atoms in total. The van der Waals surface area contributed by atoms with Crippen molar-refractivity contribution < 1.29 is 0 Å². The maximum absolute atomic E-state index is 4.59. The normalized spacial score (nSPS) is 18.6. The fourth-order valence-corrected chi connectivity index (χ4v) is 1.41. The van der Waals surface area contributed by atoms with E-state index in [-0.39, 0.29) is 0 Å². The summed E-state index contributed by atoms with van der Waals surface area (Å²) in [6, 6.07) is 2.06. The SMILES string of the molecule is CCC(C)c1nccc(C2CC2)n1. The van der Waals surface area contributed by atoms with Gasteiger partial charge < -0.3 is 0 Å². The van der Waals surface area contributed by atoms with E-state index in [1.807, 2.05) is 6.20 Å². The zero-order valence-corrected chi connectivity index (χ0v) is 8.33. The molecule has 1 aromatic rings. The fraction of sp³-hybridized carbons (Fsp3) is 0.636. The van der Waals surface area contributed by atoms with Crippen LogP contribution in [-0.4, -0.2) is 9.97 Å². The molecule has 0 aliphatic heterocycles. The first-order valence-electron chi connectivity index (χ1n) is 5.14. The van der Waals surface area contributed by atoms with Gasteiger partial charge in [-0.1, -0.05) is 13.8 Å². The second kappa shape index (κ2) is 3.44. The van der Waals surface area contributed by atoms with E-state index in [1.54, 1.807) is 0 Å². The molecule has 0 aromatic carbocycles. The van der Waals surface area contributed by atoms with Gasteiger partial charge in [-0.25, -0.2) is 9.97 Å². The molecule has 1 unspecified atom stereocenters. The van der Waals surface area contributed by atoms with Gasteiger partial charge in [0, 0.05) is 23.7 Å². The van der Waals surface area contributed by atoms with Gasteiger partial charge >= 0.3 is 0 Å². The average Bonchev–Trinajstić information content (AvgIpc) is 3.00. The van der Waals surface area contributed by atoms with Crippen molar-refractivity contribution in [3.8, 4) is 0 Å². The molecule has 0 amide bonds. The summed E-state index contributed by atoms with van der Waals surface area (Å²) in [5.74, 6) is 2.26.